The molecule has 0 aliphatic carbocycles. The smallest absolute Gasteiger partial charge is 0.243 e. The summed E-state index contributed by atoms with van der Waals surface area (Å²) in [6, 6.07) is 3.13. The molecular formula is C9H8Cl3NO2. The van der Waals surface area contributed by atoms with E-state index in [2.05, 4.69) is 0 Å². The number of carbonyl (C=O) groups is 1. The average molecular weight is 269 g/mol. The third-order valence-electron chi connectivity index (χ3n) is 1.84. The van der Waals surface area contributed by atoms with Gasteiger partial charge in [0.1, 0.15) is 0 Å². The zero-order chi connectivity index (χ0) is 11.4. The van der Waals surface area contributed by atoms with Crippen molar-refractivity contribution in [2.75, 3.05) is 0 Å². The van der Waals surface area contributed by atoms with Crippen LogP contribution in [0.3, 0.4) is 0 Å². The van der Waals surface area contributed by atoms with Crippen LogP contribution in [0.4, 0.5) is 0 Å². The van der Waals surface area contributed by atoms with Gasteiger partial charge >= 0.3 is 0 Å². The Kier molecular flexibility index (Phi) is 4.67. The minimum Gasteiger partial charge on any atom is -0.289 e. The number of hydrogen-bond acceptors (Lipinski definition) is 2. The van der Waals surface area contributed by atoms with Gasteiger partial charge in [-0.25, -0.2) is 5.48 Å². The van der Waals surface area contributed by atoms with Crippen molar-refractivity contribution in [3.63, 3.8) is 0 Å². The van der Waals surface area contributed by atoms with E-state index in [1.54, 1.807) is 6.07 Å². The number of carbonyl (C=O) groups excluding carboxylic acids is 1. The van der Waals surface area contributed by atoms with Gasteiger partial charge in [-0.05, 0) is 24.1 Å². The molecule has 0 spiro atoms. The molecule has 0 aliphatic heterocycles. The molecule has 0 saturated heterocycles. The molecule has 0 bridgehead atoms. The third kappa shape index (κ3) is 3.54. The van der Waals surface area contributed by atoms with Crippen LogP contribution in [0.15, 0.2) is 12.1 Å². The highest BCUT2D eigenvalue weighted by molar-refractivity contribution is 6.43. The minimum atomic E-state index is -0.475. The van der Waals surface area contributed by atoms with Gasteiger partial charge in [-0.2, -0.15) is 0 Å². The van der Waals surface area contributed by atoms with Crippen molar-refractivity contribution in [1.82, 2.24) is 5.48 Å². The number of hydroxylamine groups is 1. The lowest BCUT2D eigenvalue weighted by Gasteiger charge is -2.05. The monoisotopic (exact) mass is 267 g/mol. The Morgan fingerprint density at radius 2 is 1.80 bits per heavy atom. The van der Waals surface area contributed by atoms with Crippen molar-refractivity contribution in [3.8, 4) is 0 Å². The largest absolute Gasteiger partial charge is 0.289 e. The first-order chi connectivity index (χ1) is 7.04. The van der Waals surface area contributed by atoms with Crippen LogP contribution in [0.25, 0.3) is 0 Å². The number of hydrogen-bond donors (Lipinski definition) is 2. The van der Waals surface area contributed by atoms with Crippen LogP contribution in [-0.2, 0) is 11.2 Å². The first-order valence-electron chi connectivity index (χ1n) is 4.11. The summed E-state index contributed by atoms with van der Waals surface area (Å²) in [5.74, 6) is -0.475. The Balaban J connectivity index is 2.77. The topological polar surface area (TPSA) is 49.3 Å². The maximum atomic E-state index is 10.8. The summed E-state index contributed by atoms with van der Waals surface area (Å²) < 4.78 is 0. The van der Waals surface area contributed by atoms with Gasteiger partial charge in [0.25, 0.3) is 0 Å². The van der Waals surface area contributed by atoms with Gasteiger partial charge in [0.05, 0.1) is 10.0 Å². The van der Waals surface area contributed by atoms with E-state index in [1.807, 2.05) is 0 Å². The summed E-state index contributed by atoms with van der Waals surface area (Å²) >= 11 is 17.4. The van der Waals surface area contributed by atoms with Crippen molar-refractivity contribution >= 4 is 40.7 Å². The molecule has 82 valence electrons. The molecule has 6 heteroatoms. The number of nitrogens with one attached hydrogen (secondary N) is 1. The minimum absolute atomic E-state index is 0.133. The Morgan fingerprint density at radius 1 is 1.20 bits per heavy atom. The molecule has 1 rings (SSSR count). The van der Waals surface area contributed by atoms with E-state index < -0.39 is 5.91 Å². The lowest BCUT2D eigenvalue weighted by Crippen LogP contribution is -2.18. The molecule has 0 saturated carbocycles. The van der Waals surface area contributed by atoms with Gasteiger partial charge in [0.15, 0.2) is 0 Å². The zero-order valence-electron chi connectivity index (χ0n) is 7.56. The second-order valence-corrected chi connectivity index (χ2v) is 4.11. The van der Waals surface area contributed by atoms with Crippen LogP contribution in [0.2, 0.25) is 15.1 Å². The molecule has 1 aromatic carbocycles. The third-order valence-corrected chi connectivity index (χ3v) is 2.91. The SMILES string of the molecule is O=C(CCc1cc(Cl)c(Cl)cc1Cl)NO. The first kappa shape index (κ1) is 12.6. The van der Waals surface area contributed by atoms with Crippen molar-refractivity contribution in [2.45, 2.75) is 12.8 Å². The quantitative estimate of drug-likeness (QED) is 0.503. The Morgan fingerprint density at radius 3 is 2.40 bits per heavy atom. The summed E-state index contributed by atoms with van der Waals surface area (Å²) in [6.45, 7) is 0. The number of halogens is 3. The first-order valence-corrected chi connectivity index (χ1v) is 5.24. The molecule has 0 radical (unpaired) electrons. The maximum absolute atomic E-state index is 10.8. The number of aryl methyl sites for hydroxylation is 1. The normalized spacial score (nSPS) is 10.1. The molecule has 0 heterocycles. The summed E-state index contributed by atoms with van der Waals surface area (Å²) in [5, 5.41) is 9.52. The lowest BCUT2D eigenvalue weighted by atomic mass is 10.1. The van der Waals surface area contributed by atoms with Gasteiger partial charge in [0, 0.05) is 11.4 Å². The maximum Gasteiger partial charge on any atom is 0.243 e. The van der Waals surface area contributed by atoms with Crippen LogP contribution in [0, 0.1) is 0 Å². The van der Waals surface area contributed by atoms with Crippen molar-refractivity contribution in [3.05, 3.63) is 32.8 Å². The predicted molar refractivity (Wildman–Crippen MR) is 59.7 cm³/mol. The van der Waals surface area contributed by atoms with E-state index >= 15 is 0 Å². The van der Waals surface area contributed by atoms with Crippen molar-refractivity contribution < 1.29 is 10.0 Å². The van der Waals surface area contributed by atoms with E-state index in [1.165, 1.54) is 11.5 Å². The van der Waals surface area contributed by atoms with E-state index in [4.69, 9.17) is 40.0 Å². The van der Waals surface area contributed by atoms with Gasteiger partial charge in [-0.1, -0.05) is 34.8 Å². The van der Waals surface area contributed by atoms with Gasteiger partial charge < -0.3 is 0 Å². The second kappa shape index (κ2) is 5.56. The van der Waals surface area contributed by atoms with Crippen LogP contribution in [0.5, 0.6) is 0 Å². The molecule has 0 fully saturated rings. The summed E-state index contributed by atoms with van der Waals surface area (Å²) in [5.41, 5.74) is 2.26. The summed E-state index contributed by atoms with van der Waals surface area (Å²) in [4.78, 5) is 10.8. The number of benzene rings is 1. The number of rotatable bonds is 3. The highest BCUT2D eigenvalue weighted by atomic mass is 35.5. The van der Waals surface area contributed by atoms with E-state index in [0.717, 1.165) is 5.56 Å². The standard InChI is InChI=1S/C9H8Cl3NO2/c10-6-4-8(12)7(11)3-5(6)1-2-9(14)13-15/h3-4,15H,1-2H2,(H,13,14). The lowest BCUT2D eigenvalue weighted by molar-refractivity contribution is -0.129. The van der Waals surface area contributed by atoms with E-state index in [0.29, 0.717) is 21.5 Å². The van der Waals surface area contributed by atoms with Crippen LogP contribution >= 0.6 is 34.8 Å². The van der Waals surface area contributed by atoms with Crippen LogP contribution in [-0.4, -0.2) is 11.1 Å². The molecule has 2 N–H and O–H groups in total. The molecule has 15 heavy (non-hydrogen) atoms. The molecule has 0 atom stereocenters. The zero-order valence-corrected chi connectivity index (χ0v) is 9.83. The summed E-state index contributed by atoms with van der Waals surface area (Å²) in [7, 11) is 0. The predicted octanol–water partition coefficient (Wildman–Crippen LogP) is 3.08. The van der Waals surface area contributed by atoms with Crippen molar-refractivity contribution in [2.24, 2.45) is 0 Å². The fourth-order valence-corrected chi connectivity index (χ4v) is 1.72. The Bertz CT molecular complexity index is 382. The average Bonchev–Trinajstić information content (AvgIpc) is 2.21. The van der Waals surface area contributed by atoms with E-state index in [9.17, 15) is 4.79 Å². The molecule has 3 nitrogen and oxygen atoms in total. The molecule has 1 aromatic rings. The van der Waals surface area contributed by atoms with Gasteiger partial charge in [-0.3, -0.25) is 10.0 Å². The van der Waals surface area contributed by atoms with Gasteiger partial charge in [0.2, 0.25) is 5.91 Å². The highest BCUT2D eigenvalue weighted by Gasteiger charge is 2.07. The Labute approximate surface area is 102 Å². The molecule has 1 amide bonds. The van der Waals surface area contributed by atoms with Crippen LogP contribution in [0.1, 0.15) is 12.0 Å². The molecular weight excluding hydrogens is 260 g/mol. The van der Waals surface area contributed by atoms with Crippen molar-refractivity contribution in [1.29, 1.82) is 0 Å². The highest BCUT2D eigenvalue weighted by Crippen LogP contribution is 2.29. The summed E-state index contributed by atoms with van der Waals surface area (Å²) in [6.07, 6.45) is 0.524. The van der Waals surface area contributed by atoms with Crippen LogP contribution < -0.4 is 5.48 Å². The number of amides is 1. The van der Waals surface area contributed by atoms with E-state index in [-0.39, 0.29) is 6.42 Å². The molecule has 0 aliphatic rings. The second-order valence-electron chi connectivity index (χ2n) is 2.89. The van der Waals surface area contributed by atoms with Gasteiger partial charge in [-0.15, -0.1) is 0 Å². The fraction of sp³-hybridized carbons (Fsp3) is 0.222. The molecule has 0 unspecified atom stereocenters. The Hall–Kier alpha value is -0.480. The molecule has 0 aromatic heterocycles. The fourth-order valence-electron chi connectivity index (χ4n) is 1.06.